The first kappa shape index (κ1) is 20.0. The van der Waals surface area contributed by atoms with Crippen molar-refractivity contribution in [2.45, 2.75) is 6.54 Å². The second-order valence-corrected chi connectivity index (χ2v) is 6.78. The van der Waals surface area contributed by atoms with Crippen LogP contribution >= 0.6 is 0 Å². The van der Waals surface area contributed by atoms with Crippen molar-refractivity contribution in [3.63, 3.8) is 0 Å². The van der Waals surface area contributed by atoms with Gasteiger partial charge in [0, 0.05) is 18.9 Å². The quantitative estimate of drug-likeness (QED) is 0.315. The molecular weight excluding hydrogens is 392 g/mol. The standard InChI is InChI=1S/C23H20N6O2/c1-27(19-12-6-3-7-13-19)22-21(29(30)31)23(26-17-25-22)28(20-14-8-9-15-24-20)16-18-10-4-2-5-11-18/h2-15,17H,16H2,1H3. The highest BCUT2D eigenvalue weighted by molar-refractivity contribution is 5.78. The zero-order chi connectivity index (χ0) is 21.6. The van der Waals surface area contributed by atoms with E-state index in [-0.39, 0.29) is 17.3 Å². The molecule has 0 bridgehead atoms. The number of nitrogens with zero attached hydrogens (tertiary/aromatic N) is 6. The maximum Gasteiger partial charge on any atom is 0.354 e. The van der Waals surface area contributed by atoms with Gasteiger partial charge in [-0.15, -0.1) is 0 Å². The highest BCUT2D eigenvalue weighted by Gasteiger charge is 2.30. The van der Waals surface area contributed by atoms with E-state index >= 15 is 0 Å². The Morgan fingerprint density at radius 3 is 2.13 bits per heavy atom. The number of hydrogen-bond acceptors (Lipinski definition) is 7. The molecule has 8 heteroatoms. The van der Waals surface area contributed by atoms with Gasteiger partial charge in [-0.1, -0.05) is 54.6 Å². The van der Waals surface area contributed by atoms with Crippen molar-refractivity contribution in [2.75, 3.05) is 16.8 Å². The summed E-state index contributed by atoms with van der Waals surface area (Å²) in [4.78, 5) is 28.2. The molecule has 2 aromatic heterocycles. The van der Waals surface area contributed by atoms with E-state index in [2.05, 4.69) is 15.0 Å². The zero-order valence-corrected chi connectivity index (χ0v) is 16.9. The van der Waals surface area contributed by atoms with Crippen LogP contribution in [0.3, 0.4) is 0 Å². The van der Waals surface area contributed by atoms with Gasteiger partial charge in [0.05, 0.1) is 11.5 Å². The van der Waals surface area contributed by atoms with E-state index < -0.39 is 4.92 Å². The summed E-state index contributed by atoms with van der Waals surface area (Å²) < 4.78 is 0. The van der Waals surface area contributed by atoms with Crippen molar-refractivity contribution < 1.29 is 4.92 Å². The first-order valence-electron chi connectivity index (χ1n) is 9.66. The van der Waals surface area contributed by atoms with E-state index in [0.29, 0.717) is 12.4 Å². The minimum atomic E-state index is -0.439. The van der Waals surface area contributed by atoms with Gasteiger partial charge in [-0.05, 0) is 29.8 Å². The van der Waals surface area contributed by atoms with Crippen LogP contribution in [0, 0.1) is 10.1 Å². The largest absolute Gasteiger partial charge is 0.354 e. The Morgan fingerprint density at radius 2 is 1.48 bits per heavy atom. The normalized spacial score (nSPS) is 10.5. The molecule has 0 radical (unpaired) electrons. The molecule has 4 aromatic rings. The molecule has 2 aromatic carbocycles. The Labute approximate surface area is 179 Å². The van der Waals surface area contributed by atoms with Crippen molar-refractivity contribution in [3.05, 3.63) is 107 Å². The number of para-hydroxylation sites is 1. The van der Waals surface area contributed by atoms with Gasteiger partial charge in [0.15, 0.2) is 0 Å². The minimum absolute atomic E-state index is 0.181. The first-order valence-corrected chi connectivity index (χ1v) is 9.66. The molecule has 0 saturated carbocycles. The molecule has 4 rings (SSSR count). The zero-order valence-electron chi connectivity index (χ0n) is 16.9. The van der Waals surface area contributed by atoms with E-state index in [4.69, 9.17) is 0 Å². The Balaban J connectivity index is 1.86. The third-order valence-corrected chi connectivity index (χ3v) is 4.79. The molecule has 0 atom stereocenters. The summed E-state index contributed by atoms with van der Waals surface area (Å²) in [6.45, 7) is 0.365. The Bertz CT molecular complexity index is 1160. The monoisotopic (exact) mass is 412 g/mol. The highest BCUT2D eigenvalue weighted by Crippen LogP contribution is 2.39. The predicted molar refractivity (Wildman–Crippen MR) is 120 cm³/mol. The summed E-state index contributed by atoms with van der Waals surface area (Å²) in [7, 11) is 1.75. The van der Waals surface area contributed by atoms with Crippen LogP contribution in [0.5, 0.6) is 0 Å². The van der Waals surface area contributed by atoms with Gasteiger partial charge in [0.25, 0.3) is 0 Å². The molecule has 0 unspecified atom stereocenters. The predicted octanol–water partition coefficient (Wildman–Crippen LogP) is 4.89. The van der Waals surface area contributed by atoms with Gasteiger partial charge in [0.1, 0.15) is 12.1 Å². The Hall–Kier alpha value is -4.33. The smallest absolute Gasteiger partial charge is 0.324 e. The van der Waals surface area contributed by atoms with Crippen molar-refractivity contribution in [2.24, 2.45) is 0 Å². The lowest BCUT2D eigenvalue weighted by molar-refractivity contribution is -0.383. The summed E-state index contributed by atoms with van der Waals surface area (Å²) in [6.07, 6.45) is 3.00. The lowest BCUT2D eigenvalue weighted by Crippen LogP contribution is -2.22. The fourth-order valence-electron chi connectivity index (χ4n) is 3.28. The summed E-state index contributed by atoms with van der Waals surface area (Å²) in [5, 5.41) is 12.2. The number of pyridine rings is 1. The fraction of sp³-hybridized carbons (Fsp3) is 0.0870. The number of benzene rings is 2. The molecule has 31 heavy (non-hydrogen) atoms. The van der Waals surface area contributed by atoms with Gasteiger partial charge in [0.2, 0.25) is 11.6 Å². The molecule has 0 fully saturated rings. The molecule has 154 valence electrons. The van der Waals surface area contributed by atoms with Crippen LogP contribution in [0.4, 0.5) is 28.8 Å². The summed E-state index contributed by atoms with van der Waals surface area (Å²) in [5.41, 5.74) is 1.57. The average molecular weight is 412 g/mol. The first-order chi connectivity index (χ1) is 15.1. The van der Waals surface area contributed by atoms with Gasteiger partial charge in [-0.25, -0.2) is 15.0 Å². The van der Waals surface area contributed by atoms with Crippen LogP contribution < -0.4 is 9.80 Å². The van der Waals surface area contributed by atoms with E-state index in [9.17, 15) is 10.1 Å². The summed E-state index contributed by atoms with van der Waals surface area (Å²) >= 11 is 0. The van der Waals surface area contributed by atoms with Crippen molar-refractivity contribution in [1.82, 2.24) is 15.0 Å². The maximum atomic E-state index is 12.2. The fourth-order valence-corrected chi connectivity index (χ4v) is 3.28. The molecule has 8 nitrogen and oxygen atoms in total. The van der Waals surface area contributed by atoms with E-state index in [0.717, 1.165) is 11.3 Å². The number of aromatic nitrogens is 3. The maximum absolute atomic E-state index is 12.2. The molecule has 0 aliphatic heterocycles. The molecular formula is C23H20N6O2. The highest BCUT2D eigenvalue weighted by atomic mass is 16.6. The van der Waals surface area contributed by atoms with Crippen LogP contribution in [0.1, 0.15) is 5.56 Å². The molecule has 0 spiro atoms. The molecule has 0 saturated heterocycles. The Morgan fingerprint density at radius 1 is 0.839 bits per heavy atom. The summed E-state index contributed by atoms with van der Waals surface area (Å²) in [5.74, 6) is 0.942. The molecule has 0 amide bonds. The topological polar surface area (TPSA) is 88.3 Å². The van der Waals surface area contributed by atoms with Gasteiger partial charge in [-0.3, -0.25) is 10.1 Å². The Kier molecular flexibility index (Phi) is 5.79. The van der Waals surface area contributed by atoms with E-state index in [1.165, 1.54) is 6.33 Å². The number of rotatable bonds is 7. The van der Waals surface area contributed by atoms with Crippen LogP contribution in [0.2, 0.25) is 0 Å². The molecule has 2 heterocycles. The summed E-state index contributed by atoms with van der Waals surface area (Å²) in [6, 6.07) is 24.5. The molecule has 0 aliphatic rings. The molecule has 0 aliphatic carbocycles. The van der Waals surface area contributed by atoms with Gasteiger partial charge >= 0.3 is 5.69 Å². The van der Waals surface area contributed by atoms with Gasteiger partial charge < -0.3 is 9.80 Å². The second kappa shape index (κ2) is 9.00. The van der Waals surface area contributed by atoms with Crippen LogP contribution in [0.15, 0.2) is 91.4 Å². The average Bonchev–Trinajstić information content (AvgIpc) is 2.83. The van der Waals surface area contributed by atoms with Crippen molar-refractivity contribution in [3.8, 4) is 0 Å². The van der Waals surface area contributed by atoms with E-state index in [1.807, 2.05) is 66.7 Å². The number of anilines is 4. The molecule has 0 N–H and O–H groups in total. The number of nitro groups is 1. The van der Waals surface area contributed by atoms with Crippen LogP contribution in [0.25, 0.3) is 0 Å². The minimum Gasteiger partial charge on any atom is -0.324 e. The lowest BCUT2D eigenvalue weighted by Gasteiger charge is -2.24. The van der Waals surface area contributed by atoms with E-state index in [1.54, 1.807) is 35.2 Å². The second-order valence-electron chi connectivity index (χ2n) is 6.78. The third-order valence-electron chi connectivity index (χ3n) is 4.79. The van der Waals surface area contributed by atoms with Crippen molar-refractivity contribution >= 4 is 28.8 Å². The van der Waals surface area contributed by atoms with Crippen LogP contribution in [-0.2, 0) is 6.54 Å². The SMILES string of the molecule is CN(c1ccccc1)c1ncnc(N(Cc2ccccc2)c2ccccn2)c1[N+](=O)[O-]. The van der Waals surface area contributed by atoms with Gasteiger partial charge in [-0.2, -0.15) is 0 Å². The van der Waals surface area contributed by atoms with Crippen molar-refractivity contribution in [1.29, 1.82) is 0 Å². The lowest BCUT2D eigenvalue weighted by atomic mass is 10.2. The number of hydrogen-bond donors (Lipinski definition) is 0. The van der Waals surface area contributed by atoms with Crippen LogP contribution in [-0.4, -0.2) is 26.9 Å². The third kappa shape index (κ3) is 4.32.